The molecule has 0 N–H and O–H groups in total. The van der Waals surface area contributed by atoms with Crippen LogP contribution >= 0.6 is 0 Å². The second kappa shape index (κ2) is 6.37. The van der Waals surface area contributed by atoms with E-state index in [1.165, 1.54) is 0 Å². The van der Waals surface area contributed by atoms with Crippen molar-refractivity contribution in [3.8, 4) is 5.75 Å². The number of nitrogens with zero attached hydrogens (tertiary/aromatic N) is 2. The minimum absolute atomic E-state index is 0.151. The van der Waals surface area contributed by atoms with Crippen LogP contribution in [0.3, 0.4) is 0 Å². The minimum Gasteiger partial charge on any atom is -0.496 e. The number of aryl methyl sites for hydroxylation is 2. The van der Waals surface area contributed by atoms with Crippen molar-refractivity contribution in [2.45, 2.75) is 13.8 Å². The van der Waals surface area contributed by atoms with Crippen molar-refractivity contribution < 1.29 is 9.53 Å². The number of benzene rings is 1. The Kier molecular flexibility index (Phi) is 4.78. The SMILES string of the molecule is COc1c(C)cc(C)cc1C(=O)CN1CCN(C)CC1. The van der Waals surface area contributed by atoms with Crippen molar-refractivity contribution in [1.29, 1.82) is 0 Å². The van der Waals surface area contributed by atoms with E-state index < -0.39 is 0 Å². The van der Waals surface area contributed by atoms with Crippen LogP contribution in [0.15, 0.2) is 12.1 Å². The van der Waals surface area contributed by atoms with E-state index >= 15 is 0 Å². The van der Waals surface area contributed by atoms with Crippen LogP contribution in [0.4, 0.5) is 0 Å². The Morgan fingerprint density at radius 1 is 1.20 bits per heavy atom. The zero-order chi connectivity index (χ0) is 14.7. The van der Waals surface area contributed by atoms with Gasteiger partial charge in [0.25, 0.3) is 0 Å². The van der Waals surface area contributed by atoms with Crippen LogP contribution in [0, 0.1) is 13.8 Å². The van der Waals surface area contributed by atoms with Crippen molar-refractivity contribution >= 4 is 5.78 Å². The van der Waals surface area contributed by atoms with Gasteiger partial charge in [-0.1, -0.05) is 6.07 Å². The standard InChI is InChI=1S/C16H24N2O2/c1-12-9-13(2)16(20-4)14(10-12)15(19)11-18-7-5-17(3)6-8-18/h9-10H,5-8,11H2,1-4H3. The van der Waals surface area contributed by atoms with E-state index in [4.69, 9.17) is 4.74 Å². The van der Waals surface area contributed by atoms with Crippen LogP contribution in [0.25, 0.3) is 0 Å². The summed E-state index contributed by atoms with van der Waals surface area (Å²) in [5.74, 6) is 0.868. The van der Waals surface area contributed by atoms with Gasteiger partial charge >= 0.3 is 0 Å². The van der Waals surface area contributed by atoms with Crippen LogP contribution < -0.4 is 4.74 Å². The quantitative estimate of drug-likeness (QED) is 0.784. The molecule has 0 amide bonds. The average molecular weight is 276 g/mol. The smallest absolute Gasteiger partial charge is 0.180 e. The lowest BCUT2D eigenvalue weighted by atomic mass is 10.0. The van der Waals surface area contributed by atoms with Gasteiger partial charge in [-0.15, -0.1) is 0 Å². The molecule has 0 bridgehead atoms. The fourth-order valence-electron chi connectivity index (χ4n) is 2.73. The number of Topliss-reactive ketones (excluding diaryl/α,β-unsaturated/α-hetero) is 1. The molecule has 0 radical (unpaired) electrons. The normalized spacial score (nSPS) is 17.2. The number of methoxy groups -OCH3 is 1. The Hall–Kier alpha value is -1.39. The monoisotopic (exact) mass is 276 g/mol. The molecule has 0 aromatic heterocycles. The molecule has 0 unspecified atom stereocenters. The largest absolute Gasteiger partial charge is 0.496 e. The Morgan fingerprint density at radius 2 is 1.85 bits per heavy atom. The number of carbonyl (C=O) groups excluding carboxylic acids is 1. The van der Waals surface area contributed by atoms with Gasteiger partial charge in [-0.25, -0.2) is 0 Å². The molecule has 2 rings (SSSR count). The Balaban J connectivity index is 2.13. The van der Waals surface area contributed by atoms with E-state index in [1.54, 1.807) is 7.11 Å². The summed E-state index contributed by atoms with van der Waals surface area (Å²) in [5, 5.41) is 0. The average Bonchev–Trinajstić information content (AvgIpc) is 2.40. The first-order chi connectivity index (χ1) is 9.51. The molecule has 1 fully saturated rings. The third-order valence-electron chi connectivity index (χ3n) is 3.89. The molecular formula is C16H24N2O2. The molecule has 4 heteroatoms. The van der Waals surface area contributed by atoms with Crippen molar-refractivity contribution in [3.63, 3.8) is 0 Å². The Morgan fingerprint density at radius 3 is 2.45 bits per heavy atom. The molecule has 1 aliphatic rings. The van der Waals surface area contributed by atoms with E-state index in [-0.39, 0.29) is 5.78 Å². The second-order valence-corrected chi connectivity index (χ2v) is 5.67. The maximum atomic E-state index is 12.5. The van der Waals surface area contributed by atoms with Crippen molar-refractivity contribution in [2.24, 2.45) is 0 Å². The first kappa shape index (κ1) is 15.0. The summed E-state index contributed by atoms with van der Waals surface area (Å²) in [6.07, 6.45) is 0. The van der Waals surface area contributed by atoms with Crippen LogP contribution in [-0.2, 0) is 0 Å². The lowest BCUT2D eigenvalue weighted by Gasteiger charge is -2.31. The molecule has 1 aliphatic heterocycles. The predicted octanol–water partition coefficient (Wildman–Crippen LogP) is 1.74. The molecule has 0 aliphatic carbocycles. The first-order valence-corrected chi connectivity index (χ1v) is 7.10. The maximum absolute atomic E-state index is 12.5. The van der Waals surface area contributed by atoms with Crippen molar-refractivity contribution in [2.75, 3.05) is 46.9 Å². The van der Waals surface area contributed by atoms with E-state index in [0.717, 1.165) is 43.1 Å². The predicted molar refractivity (Wildman–Crippen MR) is 80.7 cm³/mol. The van der Waals surface area contributed by atoms with E-state index in [2.05, 4.69) is 16.8 Å². The molecule has 110 valence electrons. The molecule has 1 aromatic rings. The lowest BCUT2D eigenvalue weighted by molar-refractivity contribution is 0.0873. The summed E-state index contributed by atoms with van der Waals surface area (Å²) in [6, 6.07) is 3.98. The van der Waals surface area contributed by atoms with Gasteiger partial charge in [0.2, 0.25) is 0 Å². The third kappa shape index (κ3) is 3.38. The number of ketones is 1. The molecule has 0 atom stereocenters. The van der Waals surface area contributed by atoms with Crippen LogP contribution in [0.2, 0.25) is 0 Å². The minimum atomic E-state index is 0.151. The fourth-order valence-corrected chi connectivity index (χ4v) is 2.73. The van der Waals surface area contributed by atoms with Crippen molar-refractivity contribution in [1.82, 2.24) is 9.80 Å². The second-order valence-electron chi connectivity index (χ2n) is 5.67. The number of rotatable bonds is 4. The van der Waals surface area contributed by atoms with Gasteiger partial charge < -0.3 is 9.64 Å². The molecule has 1 heterocycles. The lowest BCUT2D eigenvalue weighted by Crippen LogP contribution is -2.46. The topological polar surface area (TPSA) is 32.8 Å². The Labute approximate surface area is 121 Å². The van der Waals surface area contributed by atoms with Gasteiger partial charge in [-0.2, -0.15) is 0 Å². The summed E-state index contributed by atoms with van der Waals surface area (Å²) < 4.78 is 5.41. The number of hydrogen-bond donors (Lipinski definition) is 0. The zero-order valence-corrected chi connectivity index (χ0v) is 12.9. The molecule has 1 saturated heterocycles. The summed E-state index contributed by atoms with van der Waals surface area (Å²) in [5.41, 5.74) is 2.84. The Bertz CT molecular complexity index is 491. The van der Waals surface area contributed by atoms with E-state index in [9.17, 15) is 4.79 Å². The highest BCUT2D eigenvalue weighted by Crippen LogP contribution is 2.25. The van der Waals surface area contributed by atoms with E-state index in [1.807, 2.05) is 26.0 Å². The molecule has 20 heavy (non-hydrogen) atoms. The molecule has 0 spiro atoms. The zero-order valence-electron chi connectivity index (χ0n) is 12.9. The first-order valence-electron chi connectivity index (χ1n) is 7.10. The van der Waals surface area contributed by atoms with Crippen LogP contribution in [-0.4, -0.2) is 62.5 Å². The number of likely N-dealkylation sites (N-methyl/N-ethyl adjacent to an activating group) is 1. The van der Waals surface area contributed by atoms with Crippen molar-refractivity contribution in [3.05, 3.63) is 28.8 Å². The summed E-state index contributed by atoms with van der Waals surface area (Å²) in [6.45, 7) is 8.43. The van der Waals surface area contributed by atoms with Crippen LogP contribution in [0.1, 0.15) is 21.5 Å². The maximum Gasteiger partial charge on any atom is 0.180 e. The number of carbonyl (C=O) groups is 1. The molecule has 1 aromatic carbocycles. The van der Waals surface area contributed by atoms with Gasteiger partial charge in [-0.3, -0.25) is 9.69 Å². The van der Waals surface area contributed by atoms with Gasteiger partial charge in [0.1, 0.15) is 5.75 Å². The summed E-state index contributed by atoms with van der Waals surface area (Å²) >= 11 is 0. The molecular weight excluding hydrogens is 252 g/mol. The third-order valence-corrected chi connectivity index (χ3v) is 3.89. The summed E-state index contributed by atoms with van der Waals surface area (Å²) in [4.78, 5) is 17.1. The number of piperazine rings is 1. The molecule has 4 nitrogen and oxygen atoms in total. The van der Waals surface area contributed by atoms with Gasteiger partial charge in [0, 0.05) is 26.2 Å². The summed E-state index contributed by atoms with van der Waals surface area (Å²) in [7, 11) is 3.75. The van der Waals surface area contributed by atoms with Crippen LogP contribution in [0.5, 0.6) is 5.75 Å². The number of hydrogen-bond acceptors (Lipinski definition) is 4. The highest BCUT2D eigenvalue weighted by Gasteiger charge is 2.20. The highest BCUT2D eigenvalue weighted by atomic mass is 16.5. The highest BCUT2D eigenvalue weighted by molar-refractivity contribution is 6.00. The van der Waals surface area contributed by atoms with Gasteiger partial charge in [0.05, 0.1) is 19.2 Å². The van der Waals surface area contributed by atoms with Gasteiger partial charge in [0.15, 0.2) is 5.78 Å². The fraction of sp³-hybridized carbons (Fsp3) is 0.562. The van der Waals surface area contributed by atoms with E-state index in [0.29, 0.717) is 12.1 Å². The number of ether oxygens (including phenoxy) is 1. The molecule has 0 saturated carbocycles. The van der Waals surface area contributed by atoms with Gasteiger partial charge in [-0.05, 0) is 38.1 Å².